The maximum absolute atomic E-state index is 12.4. The zero-order valence-corrected chi connectivity index (χ0v) is 14.8. The van der Waals surface area contributed by atoms with E-state index in [-0.39, 0.29) is 47.6 Å². The van der Waals surface area contributed by atoms with E-state index in [9.17, 15) is 20.0 Å². The largest absolute Gasteiger partial charge is 0.493 e. The number of β-amino-alcohol motifs (C(OH)–C–C–N with tert-alkyl or cyclic N) is 1. The number of ether oxygens (including phenoxy) is 2. The van der Waals surface area contributed by atoms with E-state index in [2.05, 4.69) is 10.6 Å². The fraction of sp³-hybridized carbons (Fsp3) is 0.533. The third-order valence-corrected chi connectivity index (χ3v) is 3.85. The van der Waals surface area contributed by atoms with E-state index in [1.54, 1.807) is 6.92 Å². The molecule has 1 aromatic carbocycles. The maximum Gasteiger partial charge on any atom is 0.286 e. The van der Waals surface area contributed by atoms with E-state index in [0.29, 0.717) is 19.7 Å². The lowest BCUT2D eigenvalue weighted by atomic mass is 10.1. The summed E-state index contributed by atoms with van der Waals surface area (Å²) in [5.41, 5.74) is -0.470. The Morgan fingerprint density at radius 3 is 2.68 bits per heavy atom. The van der Waals surface area contributed by atoms with Crippen LogP contribution < -0.4 is 20.1 Å². The average Bonchev–Trinajstić information content (AvgIpc) is 2.97. The van der Waals surface area contributed by atoms with Crippen molar-refractivity contribution in [3.8, 4) is 11.5 Å². The van der Waals surface area contributed by atoms with Crippen molar-refractivity contribution >= 4 is 24.0 Å². The first-order valence-electron chi connectivity index (χ1n) is 7.64. The van der Waals surface area contributed by atoms with Crippen molar-refractivity contribution in [1.29, 1.82) is 0 Å². The summed E-state index contributed by atoms with van der Waals surface area (Å²) in [6.45, 7) is 3.33. The third kappa shape index (κ3) is 4.94. The van der Waals surface area contributed by atoms with Gasteiger partial charge in [0.2, 0.25) is 0 Å². The number of nitrogens with zero attached hydrogens (tertiary/aromatic N) is 1. The van der Waals surface area contributed by atoms with E-state index < -0.39 is 16.9 Å². The zero-order valence-electron chi connectivity index (χ0n) is 14.0. The molecule has 1 fully saturated rings. The Morgan fingerprint density at radius 2 is 2.16 bits per heavy atom. The minimum absolute atomic E-state index is 0. The molecule has 2 atom stereocenters. The van der Waals surface area contributed by atoms with Crippen LogP contribution in [0.2, 0.25) is 0 Å². The van der Waals surface area contributed by atoms with Gasteiger partial charge in [0.25, 0.3) is 11.6 Å². The van der Waals surface area contributed by atoms with Gasteiger partial charge >= 0.3 is 0 Å². The van der Waals surface area contributed by atoms with Crippen LogP contribution >= 0.6 is 12.4 Å². The highest BCUT2D eigenvalue weighted by molar-refractivity contribution is 5.99. The fourth-order valence-electron chi connectivity index (χ4n) is 2.56. The van der Waals surface area contributed by atoms with Crippen molar-refractivity contribution in [1.82, 2.24) is 10.6 Å². The summed E-state index contributed by atoms with van der Waals surface area (Å²) >= 11 is 0. The number of carbonyl (C=O) groups excluding carboxylic acids is 1. The second-order valence-corrected chi connectivity index (χ2v) is 5.41. The number of nitrogens with one attached hydrogen (secondary N) is 2. The predicted octanol–water partition coefficient (Wildman–Crippen LogP) is 0.734. The molecule has 3 N–H and O–H groups in total. The Labute approximate surface area is 151 Å². The molecule has 0 aromatic heterocycles. The van der Waals surface area contributed by atoms with Crippen LogP contribution in [0.15, 0.2) is 12.1 Å². The van der Waals surface area contributed by atoms with Gasteiger partial charge < -0.3 is 25.2 Å². The number of methoxy groups -OCH3 is 1. The van der Waals surface area contributed by atoms with Crippen molar-refractivity contribution in [2.75, 3.05) is 33.4 Å². The first-order chi connectivity index (χ1) is 11.5. The number of aliphatic hydroxyl groups excluding tert-OH is 1. The number of halogens is 1. The topological polar surface area (TPSA) is 123 Å². The van der Waals surface area contributed by atoms with Crippen LogP contribution in [0.25, 0.3) is 0 Å². The number of rotatable bonds is 7. The first kappa shape index (κ1) is 20.9. The van der Waals surface area contributed by atoms with Crippen LogP contribution in [0.3, 0.4) is 0 Å². The Bertz CT molecular complexity index is 628. The van der Waals surface area contributed by atoms with Crippen molar-refractivity contribution in [2.24, 2.45) is 5.92 Å². The smallest absolute Gasteiger partial charge is 0.286 e. The summed E-state index contributed by atoms with van der Waals surface area (Å²) in [6, 6.07) is 2.48. The van der Waals surface area contributed by atoms with Crippen LogP contribution in [0.4, 0.5) is 5.69 Å². The van der Waals surface area contributed by atoms with Gasteiger partial charge in [-0.2, -0.15) is 0 Å². The number of aliphatic hydroxyl groups is 1. The standard InChI is InChI=1S/C15H21N3O6.ClH/c1-3-24-14-5-11(18(21)22)10(4-13(14)23-2)15(20)17-7-9-6-16-8-12(9)19;/h4-5,9,12,16,19H,3,6-8H2,1-2H3,(H,17,20);1H. The molecular weight excluding hydrogens is 354 g/mol. The summed E-state index contributed by atoms with van der Waals surface area (Å²) in [5.74, 6) is -0.270. The van der Waals surface area contributed by atoms with Gasteiger partial charge in [-0.1, -0.05) is 0 Å². The van der Waals surface area contributed by atoms with E-state index in [0.717, 1.165) is 0 Å². The lowest BCUT2D eigenvalue weighted by Gasteiger charge is -2.15. The van der Waals surface area contributed by atoms with Gasteiger partial charge in [-0.05, 0) is 6.92 Å². The highest BCUT2D eigenvalue weighted by Gasteiger charge is 2.28. The molecular formula is C15H22ClN3O6. The van der Waals surface area contributed by atoms with E-state index in [4.69, 9.17) is 9.47 Å². The SMILES string of the molecule is CCOc1cc([N+](=O)[O-])c(C(=O)NCC2CNCC2O)cc1OC.Cl. The lowest BCUT2D eigenvalue weighted by molar-refractivity contribution is -0.385. The normalized spacial score (nSPS) is 19.0. The fourth-order valence-corrected chi connectivity index (χ4v) is 2.56. The molecule has 0 saturated carbocycles. The quantitative estimate of drug-likeness (QED) is 0.474. The Hall–Kier alpha value is -2.10. The van der Waals surface area contributed by atoms with Gasteiger partial charge in [-0.15, -0.1) is 12.4 Å². The predicted molar refractivity (Wildman–Crippen MR) is 92.8 cm³/mol. The molecule has 1 aromatic rings. The minimum Gasteiger partial charge on any atom is -0.493 e. The van der Waals surface area contributed by atoms with Crippen LogP contribution in [-0.4, -0.2) is 55.4 Å². The number of nitro benzene ring substituents is 1. The van der Waals surface area contributed by atoms with E-state index in [1.165, 1.54) is 19.2 Å². The maximum atomic E-state index is 12.4. The summed E-state index contributed by atoms with van der Waals surface area (Å²) in [7, 11) is 1.39. The highest BCUT2D eigenvalue weighted by atomic mass is 35.5. The molecule has 2 unspecified atom stereocenters. The molecule has 140 valence electrons. The van der Waals surface area contributed by atoms with Crippen LogP contribution in [0, 0.1) is 16.0 Å². The highest BCUT2D eigenvalue weighted by Crippen LogP contribution is 2.34. The van der Waals surface area contributed by atoms with Crippen molar-refractivity contribution in [2.45, 2.75) is 13.0 Å². The van der Waals surface area contributed by atoms with Crippen LogP contribution in [0.1, 0.15) is 17.3 Å². The molecule has 9 nitrogen and oxygen atoms in total. The van der Waals surface area contributed by atoms with Crippen LogP contribution in [-0.2, 0) is 0 Å². The number of amides is 1. The van der Waals surface area contributed by atoms with Crippen molar-refractivity contribution in [3.05, 3.63) is 27.8 Å². The molecule has 1 aliphatic rings. The van der Waals surface area contributed by atoms with Crippen molar-refractivity contribution < 1.29 is 24.3 Å². The van der Waals surface area contributed by atoms with E-state index >= 15 is 0 Å². The van der Waals surface area contributed by atoms with E-state index in [1.807, 2.05) is 0 Å². The molecule has 10 heteroatoms. The molecule has 1 heterocycles. The van der Waals surface area contributed by atoms with Gasteiger partial charge in [0.15, 0.2) is 11.5 Å². The lowest BCUT2D eigenvalue weighted by Crippen LogP contribution is -2.34. The Morgan fingerprint density at radius 1 is 1.44 bits per heavy atom. The van der Waals surface area contributed by atoms with Gasteiger partial charge in [0.05, 0.1) is 30.8 Å². The average molecular weight is 376 g/mol. The molecule has 0 aliphatic carbocycles. The number of benzene rings is 1. The molecule has 1 saturated heterocycles. The summed E-state index contributed by atoms with van der Waals surface area (Å²) in [4.78, 5) is 23.0. The van der Waals surface area contributed by atoms with Gasteiger partial charge in [-0.3, -0.25) is 14.9 Å². The van der Waals surface area contributed by atoms with Crippen LogP contribution in [0.5, 0.6) is 11.5 Å². The summed E-state index contributed by atoms with van der Waals surface area (Å²) < 4.78 is 10.4. The second-order valence-electron chi connectivity index (χ2n) is 5.41. The van der Waals surface area contributed by atoms with Gasteiger partial charge in [0, 0.05) is 31.6 Å². The summed E-state index contributed by atoms with van der Waals surface area (Å²) in [5, 5.41) is 26.6. The molecule has 0 bridgehead atoms. The molecule has 0 radical (unpaired) electrons. The zero-order chi connectivity index (χ0) is 17.7. The molecule has 1 aliphatic heterocycles. The molecule has 2 rings (SSSR count). The Balaban J connectivity index is 0.00000312. The number of nitro groups is 1. The summed E-state index contributed by atoms with van der Waals surface area (Å²) in [6.07, 6.45) is -0.546. The monoisotopic (exact) mass is 375 g/mol. The minimum atomic E-state index is -0.636. The van der Waals surface area contributed by atoms with Crippen molar-refractivity contribution in [3.63, 3.8) is 0 Å². The number of carbonyl (C=O) groups is 1. The Kier molecular flexibility index (Phi) is 7.88. The number of hydrogen-bond donors (Lipinski definition) is 3. The van der Waals surface area contributed by atoms with Gasteiger partial charge in [0.1, 0.15) is 5.56 Å². The molecule has 1 amide bonds. The van der Waals surface area contributed by atoms with Gasteiger partial charge in [-0.25, -0.2) is 0 Å². The third-order valence-electron chi connectivity index (χ3n) is 3.85. The molecule has 25 heavy (non-hydrogen) atoms. The number of hydrogen-bond acceptors (Lipinski definition) is 7. The second kappa shape index (κ2) is 9.40. The molecule has 0 spiro atoms. The first-order valence-corrected chi connectivity index (χ1v) is 7.64.